The number of aliphatic hydroxyl groups excluding tert-OH is 1. The second kappa shape index (κ2) is 6.87. The molecular formula is C15H24N4O2. The van der Waals surface area contributed by atoms with Crippen molar-refractivity contribution in [2.75, 3.05) is 51.7 Å². The van der Waals surface area contributed by atoms with Crippen molar-refractivity contribution in [2.24, 2.45) is 0 Å². The molecule has 0 aromatic carbocycles. The molecule has 1 N–H and O–H groups in total. The van der Waals surface area contributed by atoms with Gasteiger partial charge in [0.15, 0.2) is 0 Å². The summed E-state index contributed by atoms with van der Waals surface area (Å²) in [6, 6.07) is 3.62. The Kier molecular flexibility index (Phi) is 5.14. The molecule has 0 spiro atoms. The molecule has 1 amide bonds. The molecule has 1 aromatic rings. The van der Waals surface area contributed by atoms with Crippen molar-refractivity contribution in [1.82, 2.24) is 14.8 Å². The van der Waals surface area contributed by atoms with Crippen LogP contribution >= 0.6 is 0 Å². The molecule has 0 bridgehead atoms. The molecule has 1 saturated heterocycles. The second-order valence-electron chi connectivity index (χ2n) is 5.71. The van der Waals surface area contributed by atoms with E-state index < -0.39 is 0 Å². The standard InChI is InChI=1S/C15H24N4O2/c1-12(20)11-18-7-9-19(10-8-18)15(21)13-5-4-6-16-14(13)17(2)3/h4-6,12,20H,7-11H2,1-3H3/t12-/m1/s1. The van der Waals surface area contributed by atoms with Crippen molar-refractivity contribution in [3.63, 3.8) is 0 Å². The number of piperazine rings is 1. The van der Waals surface area contributed by atoms with Gasteiger partial charge in [-0.25, -0.2) is 4.98 Å². The average molecular weight is 292 g/mol. The normalized spacial score (nSPS) is 17.6. The molecule has 21 heavy (non-hydrogen) atoms. The van der Waals surface area contributed by atoms with Crippen LogP contribution in [0.4, 0.5) is 5.82 Å². The Hall–Kier alpha value is -1.66. The number of hydrogen-bond donors (Lipinski definition) is 1. The maximum atomic E-state index is 12.6. The van der Waals surface area contributed by atoms with Gasteiger partial charge in [0.05, 0.1) is 11.7 Å². The van der Waals surface area contributed by atoms with Crippen LogP contribution in [0.2, 0.25) is 0 Å². The van der Waals surface area contributed by atoms with Crippen LogP contribution < -0.4 is 4.90 Å². The van der Waals surface area contributed by atoms with E-state index in [9.17, 15) is 9.90 Å². The minimum Gasteiger partial charge on any atom is -0.392 e. The average Bonchev–Trinajstić information content (AvgIpc) is 2.46. The van der Waals surface area contributed by atoms with Crippen molar-refractivity contribution < 1.29 is 9.90 Å². The summed E-state index contributed by atoms with van der Waals surface area (Å²) in [5.74, 6) is 0.734. The molecule has 0 unspecified atom stereocenters. The zero-order valence-corrected chi connectivity index (χ0v) is 13.0. The number of hydrogen-bond acceptors (Lipinski definition) is 5. The maximum absolute atomic E-state index is 12.6. The van der Waals surface area contributed by atoms with E-state index in [1.165, 1.54) is 0 Å². The molecular weight excluding hydrogens is 268 g/mol. The molecule has 1 aliphatic heterocycles. The summed E-state index contributed by atoms with van der Waals surface area (Å²) in [6.45, 7) is 5.43. The number of aromatic nitrogens is 1. The van der Waals surface area contributed by atoms with Gasteiger partial charge in [-0.05, 0) is 19.1 Å². The molecule has 0 aliphatic carbocycles. The summed E-state index contributed by atoms with van der Waals surface area (Å²) >= 11 is 0. The number of rotatable bonds is 4. The van der Waals surface area contributed by atoms with Crippen LogP contribution in [0.25, 0.3) is 0 Å². The first-order chi connectivity index (χ1) is 9.99. The number of carbonyl (C=O) groups excluding carboxylic acids is 1. The minimum absolute atomic E-state index is 0.0310. The molecule has 2 heterocycles. The highest BCUT2D eigenvalue weighted by Gasteiger charge is 2.24. The molecule has 1 atom stereocenters. The number of β-amino-alcohol motifs (C(OH)–C–C–N with tert-alkyl or cyclic N) is 1. The first kappa shape index (κ1) is 15.7. The highest BCUT2D eigenvalue weighted by molar-refractivity contribution is 5.98. The number of amides is 1. The Morgan fingerprint density at radius 3 is 2.62 bits per heavy atom. The molecule has 6 nitrogen and oxygen atoms in total. The Morgan fingerprint density at radius 2 is 2.05 bits per heavy atom. The van der Waals surface area contributed by atoms with Crippen molar-refractivity contribution in [3.8, 4) is 0 Å². The van der Waals surface area contributed by atoms with Gasteiger partial charge in [0.25, 0.3) is 5.91 Å². The highest BCUT2D eigenvalue weighted by Crippen LogP contribution is 2.17. The summed E-state index contributed by atoms with van der Waals surface area (Å²) in [4.78, 5) is 22.8. The van der Waals surface area contributed by atoms with Gasteiger partial charge in [-0.3, -0.25) is 9.69 Å². The van der Waals surface area contributed by atoms with Crippen LogP contribution in [0.3, 0.4) is 0 Å². The molecule has 1 fully saturated rings. The molecule has 2 rings (SSSR count). The van der Waals surface area contributed by atoms with E-state index in [-0.39, 0.29) is 12.0 Å². The number of pyridine rings is 1. The lowest BCUT2D eigenvalue weighted by Crippen LogP contribution is -2.50. The summed E-state index contributed by atoms with van der Waals surface area (Å²) in [7, 11) is 3.78. The van der Waals surface area contributed by atoms with Gasteiger partial charge in [-0.15, -0.1) is 0 Å². The lowest BCUT2D eigenvalue weighted by Gasteiger charge is -2.35. The summed E-state index contributed by atoms with van der Waals surface area (Å²) in [6.07, 6.45) is 1.37. The maximum Gasteiger partial charge on any atom is 0.257 e. The Morgan fingerprint density at radius 1 is 1.38 bits per heavy atom. The number of anilines is 1. The zero-order valence-electron chi connectivity index (χ0n) is 13.0. The third-order valence-corrected chi connectivity index (χ3v) is 3.62. The van der Waals surface area contributed by atoms with Crippen molar-refractivity contribution in [3.05, 3.63) is 23.9 Å². The number of aliphatic hydroxyl groups is 1. The van der Waals surface area contributed by atoms with E-state index in [1.54, 1.807) is 19.2 Å². The van der Waals surface area contributed by atoms with Gasteiger partial charge in [0.1, 0.15) is 5.82 Å². The minimum atomic E-state index is -0.328. The lowest BCUT2D eigenvalue weighted by molar-refractivity contribution is 0.0554. The molecule has 1 aromatic heterocycles. The van der Waals surface area contributed by atoms with Crippen LogP contribution in [0.5, 0.6) is 0 Å². The topological polar surface area (TPSA) is 59.9 Å². The van der Waals surface area contributed by atoms with E-state index in [4.69, 9.17) is 0 Å². The lowest BCUT2D eigenvalue weighted by atomic mass is 10.2. The molecule has 6 heteroatoms. The van der Waals surface area contributed by atoms with E-state index >= 15 is 0 Å². The van der Waals surface area contributed by atoms with Gasteiger partial charge in [-0.1, -0.05) is 0 Å². The fourth-order valence-corrected chi connectivity index (χ4v) is 2.60. The predicted octanol–water partition coefficient (Wildman–Crippen LogP) is 0.286. The third-order valence-electron chi connectivity index (χ3n) is 3.62. The highest BCUT2D eigenvalue weighted by atomic mass is 16.3. The summed E-state index contributed by atoms with van der Waals surface area (Å²) in [5.41, 5.74) is 0.645. The molecule has 0 saturated carbocycles. The number of nitrogens with zero attached hydrogens (tertiary/aromatic N) is 4. The molecule has 1 aliphatic rings. The van der Waals surface area contributed by atoms with Crippen molar-refractivity contribution in [1.29, 1.82) is 0 Å². The van der Waals surface area contributed by atoms with Crippen LogP contribution in [-0.4, -0.2) is 78.7 Å². The fraction of sp³-hybridized carbons (Fsp3) is 0.600. The SMILES string of the molecule is C[C@@H](O)CN1CCN(C(=O)c2cccnc2N(C)C)CC1. The van der Waals surface area contributed by atoms with Crippen LogP contribution in [0, 0.1) is 0 Å². The summed E-state index contributed by atoms with van der Waals surface area (Å²) < 4.78 is 0. The van der Waals surface area contributed by atoms with E-state index in [1.807, 2.05) is 30.0 Å². The van der Waals surface area contributed by atoms with E-state index in [2.05, 4.69) is 9.88 Å². The van der Waals surface area contributed by atoms with Crippen LogP contribution in [0.1, 0.15) is 17.3 Å². The quantitative estimate of drug-likeness (QED) is 0.864. The van der Waals surface area contributed by atoms with Crippen molar-refractivity contribution in [2.45, 2.75) is 13.0 Å². The molecule has 0 radical (unpaired) electrons. The monoisotopic (exact) mass is 292 g/mol. The number of carbonyl (C=O) groups is 1. The smallest absolute Gasteiger partial charge is 0.257 e. The van der Waals surface area contributed by atoms with E-state index in [0.717, 1.165) is 13.1 Å². The zero-order chi connectivity index (χ0) is 15.4. The molecule has 116 valence electrons. The Balaban J connectivity index is 2.02. The van der Waals surface area contributed by atoms with Crippen molar-refractivity contribution >= 4 is 11.7 Å². The van der Waals surface area contributed by atoms with Gasteiger partial charge < -0.3 is 14.9 Å². The summed E-state index contributed by atoms with van der Waals surface area (Å²) in [5, 5.41) is 9.42. The first-order valence-electron chi connectivity index (χ1n) is 7.31. The van der Waals surface area contributed by atoms with Gasteiger partial charge in [0, 0.05) is 53.0 Å². The largest absolute Gasteiger partial charge is 0.392 e. The van der Waals surface area contributed by atoms with Crippen LogP contribution in [0.15, 0.2) is 18.3 Å². The Labute approximate surface area is 126 Å². The second-order valence-corrected chi connectivity index (χ2v) is 5.71. The van der Waals surface area contributed by atoms with E-state index in [0.29, 0.717) is 31.0 Å². The predicted molar refractivity (Wildman–Crippen MR) is 82.6 cm³/mol. The van der Waals surface area contributed by atoms with Gasteiger partial charge in [-0.2, -0.15) is 0 Å². The third kappa shape index (κ3) is 3.92. The van der Waals surface area contributed by atoms with Crippen LogP contribution in [-0.2, 0) is 0 Å². The first-order valence-corrected chi connectivity index (χ1v) is 7.31. The fourth-order valence-electron chi connectivity index (χ4n) is 2.60. The van der Waals surface area contributed by atoms with Gasteiger partial charge >= 0.3 is 0 Å². The Bertz CT molecular complexity index is 482. The van der Waals surface area contributed by atoms with Gasteiger partial charge in [0.2, 0.25) is 0 Å².